The van der Waals surface area contributed by atoms with Gasteiger partial charge in [-0.25, -0.2) is 4.98 Å². The highest BCUT2D eigenvalue weighted by Crippen LogP contribution is 2.29. The number of quaternary nitrogens is 1. The Morgan fingerprint density at radius 1 is 1.33 bits per heavy atom. The Kier molecular flexibility index (Phi) is 5.31. The summed E-state index contributed by atoms with van der Waals surface area (Å²) in [5, 5.41) is 0.814. The van der Waals surface area contributed by atoms with Crippen molar-refractivity contribution in [3.8, 4) is 0 Å². The number of nitrogens with zero attached hydrogens (tertiary/aromatic N) is 2. The molecule has 5 heteroatoms. The summed E-state index contributed by atoms with van der Waals surface area (Å²) in [6.07, 6.45) is 0. The van der Waals surface area contributed by atoms with Crippen molar-refractivity contribution in [2.45, 2.75) is 27.7 Å². The molecule has 2 aromatic rings. The van der Waals surface area contributed by atoms with Gasteiger partial charge in [0, 0.05) is 6.92 Å². The Morgan fingerprint density at radius 3 is 2.67 bits per heavy atom. The van der Waals surface area contributed by atoms with E-state index in [9.17, 15) is 4.79 Å². The largest absolute Gasteiger partial charge is 0.334 e. The molecule has 1 N–H and O–H groups in total. The molecule has 0 unspecified atom stereocenters. The lowest BCUT2D eigenvalue weighted by Gasteiger charge is -2.21. The number of rotatable bonds is 6. The van der Waals surface area contributed by atoms with Gasteiger partial charge in [-0.2, -0.15) is 0 Å². The molecule has 0 radical (unpaired) electrons. The first-order chi connectivity index (χ1) is 10.0. The van der Waals surface area contributed by atoms with Gasteiger partial charge >= 0.3 is 0 Å². The van der Waals surface area contributed by atoms with E-state index < -0.39 is 0 Å². The van der Waals surface area contributed by atoms with Crippen LogP contribution in [0.1, 0.15) is 26.3 Å². The van der Waals surface area contributed by atoms with Gasteiger partial charge in [-0.15, -0.1) is 0 Å². The van der Waals surface area contributed by atoms with Crippen molar-refractivity contribution in [2.75, 3.05) is 31.1 Å². The van der Waals surface area contributed by atoms with Gasteiger partial charge in [0.1, 0.15) is 0 Å². The van der Waals surface area contributed by atoms with Crippen LogP contribution < -0.4 is 9.80 Å². The molecule has 1 heterocycles. The first-order valence-electron chi connectivity index (χ1n) is 7.54. The van der Waals surface area contributed by atoms with Crippen LogP contribution in [-0.4, -0.2) is 37.1 Å². The molecule has 0 bridgehead atoms. The number of nitrogens with one attached hydrogen (secondary N) is 1. The minimum absolute atomic E-state index is 0.0670. The fourth-order valence-electron chi connectivity index (χ4n) is 2.40. The Hall–Kier alpha value is -1.46. The number of carbonyl (C=O) groups excluding carboxylic acids is 1. The van der Waals surface area contributed by atoms with E-state index in [2.05, 4.69) is 37.9 Å². The average molecular weight is 306 g/mol. The van der Waals surface area contributed by atoms with E-state index >= 15 is 0 Å². The Morgan fingerprint density at radius 2 is 2.05 bits per heavy atom. The quantitative estimate of drug-likeness (QED) is 0.885. The van der Waals surface area contributed by atoms with Crippen LogP contribution in [0.3, 0.4) is 0 Å². The summed E-state index contributed by atoms with van der Waals surface area (Å²) < 4.78 is 1.14. The van der Waals surface area contributed by atoms with E-state index in [-0.39, 0.29) is 5.91 Å². The van der Waals surface area contributed by atoms with E-state index in [1.54, 1.807) is 18.3 Å². The Labute approximate surface area is 130 Å². The van der Waals surface area contributed by atoms with Crippen LogP contribution in [0.15, 0.2) is 18.2 Å². The van der Waals surface area contributed by atoms with Gasteiger partial charge in [0.25, 0.3) is 0 Å². The van der Waals surface area contributed by atoms with Gasteiger partial charge in [0.15, 0.2) is 5.13 Å². The molecule has 1 aromatic heterocycles. The smallest absolute Gasteiger partial charge is 0.225 e. The number of aromatic nitrogens is 1. The summed E-state index contributed by atoms with van der Waals surface area (Å²) in [7, 11) is 0. The number of benzene rings is 1. The first kappa shape index (κ1) is 15.9. The molecule has 0 saturated carbocycles. The van der Waals surface area contributed by atoms with Crippen LogP contribution >= 0.6 is 11.3 Å². The third kappa shape index (κ3) is 3.80. The number of thiazole rings is 1. The molecule has 2 rings (SSSR count). The van der Waals surface area contributed by atoms with Crippen LogP contribution in [0.5, 0.6) is 0 Å². The molecule has 1 amide bonds. The number of hydrogen-bond donors (Lipinski definition) is 1. The monoisotopic (exact) mass is 306 g/mol. The molecule has 0 saturated heterocycles. The molecule has 21 heavy (non-hydrogen) atoms. The van der Waals surface area contributed by atoms with E-state index in [0.717, 1.165) is 41.5 Å². The number of fused-ring (bicyclic) bond motifs is 1. The number of hydrogen-bond acceptors (Lipinski definition) is 3. The fraction of sp³-hybridized carbons (Fsp3) is 0.500. The molecule has 0 aliphatic heterocycles. The molecule has 0 spiro atoms. The Bertz CT molecular complexity index is 619. The highest BCUT2D eigenvalue weighted by Gasteiger charge is 2.18. The van der Waals surface area contributed by atoms with Gasteiger partial charge in [-0.3, -0.25) is 9.69 Å². The van der Waals surface area contributed by atoms with Crippen LogP contribution in [0.4, 0.5) is 5.13 Å². The van der Waals surface area contributed by atoms with E-state index in [1.165, 1.54) is 10.5 Å². The second-order valence-corrected chi connectivity index (χ2v) is 6.35. The summed E-state index contributed by atoms with van der Waals surface area (Å²) >= 11 is 1.60. The maximum absolute atomic E-state index is 12.0. The van der Waals surface area contributed by atoms with Crippen molar-refractivity contribution in [1.29, 1.82) is 0 Å². The molecule has 0 aliphatic carbocycles. The molecule has 0 aliphatic rings. The number of amides is 1. The van der Waals surface area contributed by atoms with Crippen molar-refractivity contribution in [2.24, 2.45) is 0 Å². The number of anilines is 1. The molecular formula is C16H24N3OS+. The Balaban J connectivity index is 2.21. The zero-order valence-corrected chi connectivity index (χ0v) is 14.1. The van der Waals surface area contributed by atoms with Crippen LogP contribution in [0.2, 0.25) is 0 Å². The first-order valence-corrected chi connectivity index (χ1v) is 8.35. The van der Waals surface area contributed by atoms with Gasteiger partial charge < -0.3 is 4.90 Å². The highest BCUT2D eigenvalue weighted by atomic mass is 32.1. The van der Waals surface area contributed by atoms with Crippen molar-refractivity contribution in [3.63, 3.8) is 0 Å². The minimum Gasteiger partial charge on any atom is -0.334 e. The summed E-state index contributed by atoms with van der Waals surface area (Å²) in [4.78, 5) is 19.9. The molecule has 4 nitrogen and oxygen atoms in total. The predicted octanol–water partition coefficient (Wildman–Crippen LogP) is 1.88. The zero-order chi connectivity index (χ0) is 15.4. The molecule has 1 aromatic carbocycles. The lowest BCUT2D eigenvalue weighted by Crippen LogP contribution is -3.12. The number of aryl methyl sites for hydroxylation is 1. The molecule has 114 valence electrons. The standard InChI is InChI=1S/C16H23N3OS/c1-5-18(6-2)9-10-19(13(4)20)16-17-14-8-7-12(3)11-15(14)21-16/h7-8,11H,5-6,9-10H2,1-4H3/p+1. The zero-order valence-electron chi connectivity index (χ0n) is 13.3. The summed E-state index contributed by atoms with van der Waals surface area (Å²) in [6.45, 7) is 11.9. The second kappa shape index (κ2) is 7.00. The topological polar surface area (TPSA) is 37.6 Å². The normalized spacial score (nSPS) is 11.3. The molecule has 0 atom stereocenters. The van der Waals surface area contributed by atoms with E-state index in [0.29, 0.717) is 0 Å². The van der Waals surface area contributed by atoms with Crippen molar-refractivity contribution in [3.05, 3.63) is 23.8 Å². The maximum atomic E-state index is 12.0. The van der Waals surface area contributed by atoms with Gasteiger partial charge in [-0.1, -0.05) is 17.4 Å². The van der Waals surface area contributed by atoms with E-state index in [1.807, 2.05) is 11.0 Å². The third-order valence-electron chi connectivity index (χ3n) is 3.83. The number of likely N-dealkylation sites (N-methyl/N-ethyl adjacent to an activating group) is 1. The fourth-order valence-corrected chi connectivity index (χ4v) is 3.53. The maximum Gasteiger partial charge on any atom is 0.225 e. The molecule has 0 fully saturated rings. The average Bonchev–Trinajstić information content (AvgIpc) is 2.85. The van der Waals surface area contributed by atoms with Crippen LogP contribution in [-0.2, 0) is 4.79 Å². The van der Waals surface area contributed by atoms with Gasteiger partial charge in [0.2, 0.25) is 5.91 Å². The van der Waals surface area contributed by atoms with E-state index in [4.69, 9.17) is 0 Å². The second-order valence-electron chi connectivity index (χ2n) is 5.35. The van der Waals surface area contributed by atoms with Crippen LogP contribution in [0.25, 0.3) is 10.2 Å². The highest BCUT2D eigenvalue weighted by molar-refractivity contribution is 7.22. The molecular weight excluding hydrogens is 282 g/mol. The predicted molar refractivity (Wildman–Crippen MR) is 89.3 cm³/mol. The van der Waals surface area contributed by atoms with Crippen molar-refractivity contribution < 1.29 is 9.69 Å². The van der Waals surface area contributed by atoms with Crippen molar-refractivity contribution >= 4 is 32.6 Å². The van der Waals surface area contributed by atoms with Gasteiger partial charge in [-0.05, 0) is 38.5 Å². The minimum atomic E-state index is 0.0670. The summed E-state index contributed by atoms with van der Waals surface area (Å²) in [5.41, 5.74) is 2.20. The summed E-state index contributed by atoms with van der Waals surface area (Å²) in [6, 6.07) is 6.22. The van der Waals surface area contributed by atoms with Crippen molar-refractivity contribution in [1.82, 2.24) is 4.98 Å². The van der Waals surface area contributed by atoms with Crippen LogP contribution in [0, 0.1) is 6.92 Å². The number of carbonyl (C=O) groups is 1. The van der Waals surface area contributed by atoms with Gasteiger partial charge in [0.05, 0.1) is 36.4 Å². The lowest BCUT2D eigenvalue weighted by molar-refractivity contribution is -0.894. The third-order valence-corrected chi connectivity index (χ3v) is 4.87. The SMILES string of the molecule is CC[NH+](CC)CCN(C(C)=O)c1nc2ccc(C)cc2s1. The lowest BCUT2D eigenvalue weighted by atomic mass is 10.2. The summed E-state index contributed by atoms with van der Waals surface area (Å²) in [5.74, 6) is 0.0670.